The Morgan fingerprint density at radius 3 is 2.52 bits per heavy atom. The number of rotatable bonds is 6. The third-order valence-corrected chi connectivity index (χ3v) is 4.41. The second-order valence-corrected chi connectivity index (χ2v) is 6.57. The Labute approximate surface area is 145 Å². The van der Waals surface area contributed by atoms with Crippen molar-refractivity contribution in [3.8, 4) is 0 Å². The van der Waals surface area contributed by atoms with E-state index in [1.165, 1.54) is 4.90 Å². The summed E-state index contributed by atoms with van der Waals surface area (Å²) < 4.78 is 41.7. The molecule has 0 bridgehead atoms. The Balaban J connectivity index is 1.90. The normalized spacial score (nSPS) is 18.8. The topological polar surface area (TPSA) is 62.2 Å². The molecule has 0 radical (unpaired) electrons. The Bertz CT molecular complexity index is 581. The van der Waals surface area contributed by atoms with Gasteiger partial charge < -0.3 is 10.6 Å². The summed E-state index contributed by atoms with van der Waals surface area (Å²) >= 11 is 0. The largest absolute Gasteiger partial charge is 0.405 e. The minimum atomic E-state index is -4.37. The monoisotopic (exact) mass is 361 g/mol. The lowest BCUT2D eigenvalue weighted by Crippen LogP contribution is -2.57. The van der Waals surface area contributed by atoms with Crippen LogP contribution in [0.3, 0.4) is 0 Å². The van der Waals surface area contributed by atoms with Crippen LogP contribution < -0.4 is 10.6 Å². The van der Waals surface area contributed by atoms with Gasteiger partial charge in [-0.25, -0.2) is 0 Å². The molecule has 1 aliphatic heterocycles. The Kier molecular flexibility index (Phi) is 6.45. The SMILES string of the molecule is Cc1cc(C)n(C(C)CC(=O)NCC(N2CCNCC2)C(F)(F)F)n1. The lowest BCUT2D eigenvalue weighted by Gasteiger charge is -2.36. The van der Waals surface area contributed by atoms with Crippen LogP contribution in [-0.4, -0.2) is 65.5 Å². The first kappa shape index (κ1) is 19.7. The summed E-state index contributed by atoms with van der Waals surface area (Å²) in [4.78, 5) is 13.5. The van der Waals surface area contributed by atoms with E-state index in [9.17, 15) is 18.0 Å². The van der Waals surface area contributed by atoms with E-state index in [0.29, 0.717) is 26.2 Å². The summed E-state index contributed by atoms with van der Waals surface area (Å²) in [6.07, 6.45) is -4.28. The highest BCUT2D eigenvalue weighted by Gasteiger charge is 2.43. The van der Waals surface area contributed by atoms with E-state index in [-0.39, 0.29) is 12.5 Å². The number of aromatic nitrogens is 2. The molecule has 2 heterocycles. The Morgan fingerprint density at radius 2 is 2.00 bits per heavy atom. The summed E-state index contributed by atoms with van der Waals surface area (Å²) in [6, 6.07) is 0.0399. The Hall–Kier alpha value is -1.61. The average Bonchev–Trinajstić information content (AvgIpc) is 2.86. The first-order chi connectivity index (χ1) is 11.7. The molecule has 1 aliphatic rings. The molecular weight excluding hydrogens is 335 g/mol. The number of carbonyl (C=O) groups excluding carboxylic acids is 1. The van der Waals surface area contributed by atoms with Crippen LogP contribution in [0.4, 0.5) is 13.2 Å². The molecule has 6 nitrogen and oxygen atoms in total. The van der Waals surface area contributed by atoms with Crippen LogP contribution in [0.1, 0.15) is 30.8 Å². The number of amides is 1. The highest BCUT2D eigenvalue weighted by Crippen LogP contribution is 2.25. The van der Waals surface area contributed by atoms with Crippen LogP contribution in [-0.2, 0) is 4.79 Å². The van der Waals surface area contributed by atoms with E-state index < -0.39 is 24.7 Å². The van der Waals surface area contributed by atoms with Crippen LogP contribution in [0.15, 0.2) is 6.07 Å². The first-order valence-corrected chi connectivity index (χ1v) is 8.49. The van der Waals surface area contributed by atoms with Gasteiger partial charge in [0.05, 0.1) is 11.7 Å². The maximum atomic E-state index is 13.3. The molecule has 1 fully saturated rings. The number of halogens is 3. The van der Waals surface area contributed by atoms with Gasteiger partial charge in [-0.15, -0.1) is 0 Å². The third-order valence-electron chi connectivity index (χ3n) is 4.41. The van der Waals surface area contributed by atoms with E-state index in [1.54, 1.807) is 4.68 Å². The zero-order valence-corrected chi connectivity index (χ0v) is 14.9. The van der Waals surface area contributed by atoms with Crippen LogP contribution in [0.5, 0.6) is 0 Å². The second-order valence-electron chi connectivity index (χ2n) is 6.57. The van der Waals surface area contributed by atoms with E-state index in [2.05, 4.69) is 15.7 Å². The fraction of sp³-hybridized carbons (Fsp3) is 0.750. The predicted molar refractivity (Wildman–Crippen MR) is 88.3 cm³/mol. The molecule has 9 heteroatoms. The minimum absolute atomic E-state index is 0.0914. The minimum Gasteiger partial charge on any atom is -0.354 e. The highest BCUT2D eigenvalue weighted by molar-refractivity contribution is 5.76. The van der Waals surface area contributed by atoms with Gasteiger partial charge in [-0.2, -0.15) is 18.3 Å². The van der Waals surface area contributed by atoms with Gasteiger partial charge in [0.15, 0.2) is 0 Å². The lowest BCUT2D eigenvalue weighted by molar-refractivity contribution is -0.184. The Morgan fingerprint density at radius 1 is 1.36 bits per heavy atom. The molecule has 2 rings (SSSR count). The van der Waals surface area contributed by atoms with Crippen molar-refractivity contribution in [2.24, 2.45) is 0 Å². The highest BCUT2D eigenvalue weighted by atomic mass is 19.4. The summed E-state index contributed by atoms with van der Waals surface area (Å²) in [5, 5.41) is 9.80. The first-order valence-electron chi connectivity index (χ1n) is 8.49. The number of nitrogens with zero attached hydrogens (tertiary/aromatic N) is 3. The van der Waals surface area contributed by atoms with E-state index >= 15 is 0 Å². The van der Waals surface area contributed by atoms with E-state index in [0.717, 1.165) is 11.4 Å². The number of aryl methyl sites for hydroxylation is 2. The standard InChI is InChI=1S/C16H26F3N5O/c1-11-8-12(2)24(22-11)13(3)9-15(25)21-10-14(16(17,18)19)23-6-4-20-5-7-23/h8,13-14,20H,4-7,9-10H2,1-3H3,(H,21,25). The number of nitrogens with one attached hydrogen (secondary N) is 2. The summed E-state index contributed by atoms with van der Waals surface area (Å²) in [5.41, 5.74) is 1.77. The van der Waals surface area contributed by atoms with Crippen LogP contribution >= 0.6 is 0 Å². The number of alkyl halides is 3. The van der Waals surface area contributed by atoms with Crippen LogP contribution in [0.2, 0.25) is 0 Å². The average molecular weight is 361 g/mol. The van der Waals surface area contributed by atoms with Crippen molar-refractivity contribution in [3.63, 3.8) is 0 Å². The molecule has 1 aromatic heterocycles. The van der Waals surface area contributed by atoms with Gasteiger partial charge >= 0.3 is 6.18 Å². The van der Waals surface area contributed by atoms with Gasteiger partial charge in [-0.3, -0.25) is 14.4 Å². The van der Waals surface area contributed by atoms with Crippen LogP contribution in [0, 0.1) is 13.8 Å². The zero-order chi connectivity index (χ0) is 18.6. The van der Waals surface area contributed by atoms with Gasteiger partial charge in [0.2, 0.25) is 5.91 Å². The molecule has 2 N–H and O–H groups in total. The molecule has 1 amide bonds. The molecule has 142 valence electrons. The fourth-order valence-electron chi connectivity index (χ4n) is 3.18. The summed E-state index contributed by atoms with van der Waals surface area (Å²) in [5.74, 6) is -0.399. The van der Waals surface area contributed by atoms with Gasteiger partial charge in [0.25, 0.3) is 0 Å². The summed E-state index contributed by atoms with van der Waals surface area (Å²) in [6.45, 7) is 6.84. The molecule has 0 spiro atoms. The number of piperazine rings is 1. The van der Waals surface area contributed by atoms with Gasteiger partial charge in [-0.05, 0) is 26.8 Å². The molecule has 2 atom stereocenters. The van der Waals surface area contributed by atoms with Crippen molar-refractivity contribution < 1.29 is 18.0 Å². The number of hydrogen-bond acceptors (Lipinski definition) is 4. The fourth-order valence-corrected chi connectivity index (χ4v) is 3.18. The summed E-state index contributed by atoms with van der Waals surface area (Å²) in [7, 11) is 0. The van der Waals surface area contributed by atoms with Crippen molar-refractivity contribution in [2.75, 3.05) is 32.7 Å². The molecule has 1 saturated heterocycles. The van der Waals surface area contributed by atoms with E-state index in [1.807, 2.05) is 26.8 Å². The van der Waals surface area contributed by atoms with Gasteiger partial charge in [-0.1, -0.05) is 0 Å². The third kappa shape index (κ3) is 5.43. The predicted octanol–water partition coefficient (Wildman–Crippen LogP) is 1.40. The maximum absolute atomic E-state index is 13.3. The molecule has 0 saturated carbocycles. The number of hydrogen-bond donors (Lipinski definition) is 2. The molecule has 0 aliphatic carbocycles. The second kappa shape index (κ2) is 8.18. The lowest BCUT2D eigenvalue weighted by atomic mass is 10.2. The molecule has 2 unspecified atom stereocenters. The van der Waals surface area contributed by atoms with Crippen molar-refractivity contribution in [2.45, 2.75) is 45.5 Å². The maximum Gasteiger partial charge on any atom is 0.405 e. The number of carbonyl (C=O) groups is 1. The van der Waals surface area contributed by atoms with Crippen molar-refractivity contribution in [1.29, 1.82) is 0 Å². The van der Waals surface area contributed by atoms with Crippen LogP contribution in [0.25, 0.3) is 0 Å². The van der Waals surface area contributed by atoms with Crippen molar-refractivity contribution >= 4 is 5.91 Å². The van der Waals surface area contributed by atoms with Gasteiger partial charge in [0, 0.05) is 44.8 Å². The molecule has 1 aromatic rings. The smallest absolute Gasteiger partial charge is 0.354 e. The quantitative estimate of drug-likeness (QED) is 0.804. The van der Waals surface area contributed by atoms with E-state index in [4.69, 9.17) is 0 Å². The van der Waals surface area contributed by atoms with Gasteiger partial charge in [0.1, 0.15) is 6.04 Å². The van der Waals surface area contributed by atoms with Crippen molar-refractivity contribution in [1.82, 2.24) is 25.3 Å². The molecule has 25 heavy (non-hydrogen) atoms. The molecular formula is C16H26F3N5O. The molecule has 0 aromatic carbocycles. The zero-order valence-electron chi connectivity index (χ0n) is 14.9. The van der Waals surface area contributed by atoms with Crippen molar-refractivity contribution in [3.05, 3.63) is 17.5 Å².